The summed E-state index contributed by atoms with van der Waals surface area (Å²) in [5.41, 5.74) is 2.39. The van der Waals surface area contributed by atoms with Crippen molar-refractivity contribution in [1.29, 1.82) is 0 Å². The van der Waals surface area contributed by atoms with E-state index in [0.717, 1.165) is 22.2 Å². The molecule has 0 saturated carbocycles. The van der Waals surface area contributed by atoms with Gasteiger partial charge < -0.3 is 9.67 Å². The fraction of sp³-hybridized carbons (Fsp3) is 0.143. The SMILES string of the molecule is Cn1cncc1C(O)c1cccc2cccnc12. The highest BCUT2D eigenvalue weighted by Gasteiger charge is 2.16. The molecule has 2 heterocycles. The first-order valence-electron chi connectivity index (χ1n) is 5.75. The lowest BCUT2D eigenvalue weighted by molar-refractivity contribution is 0.213. The minimum atomic E-state index is -0.712. The Bertz CT molecular complexity index is 685. The van der Waals surface area contributed by atoms with Gasteiger partial charge in [-0.05, 0) is 6.07 Å². The molecule has 4 nitrogen and oxygen atoms in total. The highest BCUT2D eigenvalue weighted by atomic mass is 16.3. The number of aliphatic hydroxyl groups is 1. The van der Waals surface area contributed by atoms with E-state index in [1.54, 1.807) is 18.7 Å². The first kappa shape index (κ1) is 10.9. The van der Waals surface area contributed by atoms with Gasteiger partial charge in [-0.2, -0.15) is 0 Å². The Morgan fingerprint density at radius 3 is 2.83 bits per heavy atom. The van der Waals surface area contributed by atoms with Crippen molar-refractivity contribution in [2.75, 3.05) is 0 Å². The Labute approximate surface area is 105 Å². The van der Waals surface area contributed by atoms with E-state index in [4.69, 9.17) is 0 Å². The molecule has 0 spiro atoms. The predicted molar refractivity (Wildman–Crippen MR) is 69.0 cm³/mol. The van der Waals surface area contributed by atoms with Gasteiger partial charge in [-0.3, -0.25) is 4.98 Å². The van der Waals surface area contributed by atoms with E-state index in [1.807, 2.05) is 41.9 Å². The van der Waals surface area contributed by atoms with Crippen LogP contribution < -0.4 is 0 Å². The quantitative estimate of drug-likeness (QED) is 0.744. The molecule has 0 radical (unpaired) electrons. The molecule has 0 bridgehead atoms. The van der Waals surface area contributed by atoms with Gasteiger partial charge in [0.25, 0.3) is 0 Å². The molecule has 1 unspecified atom stereocenters. The number of benzene rings is 1. The van der Waals surface area contributed by atoms with Gasteiger partial charge in [0.1, 0.15) is 6.10 Å². The summed E-state index contributed by atoms with van der Waals surface area (Å²) >= 11 is 0. The minimum absolute atomic E-state index is 0.712. The zero-order valence-electron chi connectivity index (χ0n) is 9.99. The molecule has 3 aromatic rings. The van der Waals surface area contributed by atoms with E-state index in [0.29, 0.717) is 0 Å². The summed E-state index contributed by atoms with van der Waals surface area (Å²) in [5, 5.41) is 11.5. The standard InChI is InChI=1S/C14H13N3O/c1-17-9-15-8-12(17)14(18)11-6-2-4-10-5-3-7-16-13(10)11/h2-9,14,18H,1H3. The van der Waals surface area contributed by atoms with Crippen LogP contribution in [0.5, 0.6) is 0 Å². The summed E-state index contributed by atoms with van der Waals surface area (Å²) in [4.78, 5) is 8.38. The van der Waals surface area contributed by atoms with Crippen LogP contribution in [0.2, 0.25) is 0 Å². The van der Waals surface area contributed by atoms with Crippen LogP contribution in [0, 0.1) is 0 Å². The van der Waals surface area contributed by atoms with Gasteiger partial charge in [0.2, 0.25) is 0 Å². The zero-order chi connectivity index (χ0) is 12.5. The van der Waals surface area contributed by atoms with Crippen molar-refractivity contribution in [2.24, 2.45) is 7.05 Å². The summed E-state index contributed by atoms with van der Waals surface area (Å²) in [6.07, 6.45) is 4.38. The molecule has 0 aliphatic carbocycles. The second-order valence-electron chi connectivity index (χ2n) is 4.25. The summed E-state index contributed by atoms with van der Waals surface area (Å²) in [6, 6.07) is 9.69. The van der Waals surface area contributed by atoms with Crippen molar-refractivity contribution in [1.82, 2.24) is 14.5 Å². The smallest absolute Gasteiger partial charge is 0.123 e. The predicted octanol–water partition coefficient (Wildman–Crippen LogP) is 2.05. The molecule has 4 heteroatoms. The van der Waals surface area contributed by atoms with Crippen LogP contribution in [0.4, 0.5) is 0 Å². The molecule has 0 amide bonds. The zero-order valence-corrected chi connectivity index (χ0v) is 9.99. The van der Waals surface area contributed by atoms with Gasteiger partial charge in [0, 0.05) is 24.2 Å². The molecule has 90 valence electrons. The Morgan fingerprint density at radius 2 is 2.06 bits per heavy atom. The fourth-order valence-electron chi connectivity index (χ4n) is 2.14. The fourth-order valence-corrected chi connectivity index (χ4v) is 2.14. The van der Waals surface area contributed by atoms with Crippen molar-refractivity contribution in [3.63, 3.8) is 0 Å². The number of pyridine rings is 1. The van der Waals surface area contributed by atoms with Crippen LogP contribution in [0.1, 0.15) is 17.4 Å². The highest BCUT2D eigenvalue weighted by molar-refractivity contribution is 5.82. The minimum Gasteiger partial charge on any atom is -0.382 e. The summed E-state index contributed by atoms with van der Waals surface area (Å²) < 4.78 is 1.81. The van der Waals surface area contributed by atoms with Crippen LogP contribution in [-0.2, 0) is 7.05 Å². The second-order valence-corrected chi connectivity index (χ2v) is 4.25. The third-order valence-corrected chi connectivity index (χ3v) is 3.09. The third-order valence-electron chi connectivity index (χ3n) is 3.09. The largest absolute Gasteiger partial charge is 0.382 e. The molecule has 3 rings (SSSR count). The van der Waals surface area contributed by atoms with E-state index in [9.17, 15) is 5.11 Å². The van der Waals surface area contributed by atoms with E-state index >= 15 is 0 Å². The van der Waals surface area contributed by atoms with E-state index in [1.165, 1.54) is 0 Å². The number of aromatic nitrogens is 3. The van der Waals surface area contributed by atoms with Crippen molar-refractivity contribution in [3.8, 4) is 0 Å². The summed E-state index contributed by atoms with van der Waals surface area (Å²) in [7, 11) is 1.87. The second kappa shape index (κ2) is 4.23. The van der Waals surface area contributed by atoms with Crippen molar-refractivity contribution < 1.29 is 5.11 Å². The average molecular weight is 239 g/mol. The monoisotopic (exact) mass is 239 g/mol. The lowest BCUT2D eigenvalue weighted by Crippen LogP contribution is -2.06. The van der Waals surface area contributed by atoms with Gasteiger partial charge in [-0.25, -0.2) is 4.98 Å². The number of hydrogen-bond donors (Lipinski definition) is 1. The molecule has 0 aliphatic heterocycles. The van der Waals surface area contributed by atoms with Crippen molar-refractivity contribution in [2.45, 2.75) is 6.10 Å². The maximum absolute atomic E-state index is 10.5. The van der Waals surface area contributed by atoms with Crippen molar-refractivity contribution in [3.05, 3.63) is 60.3 Å². The lowest BCUT2D eigenvalue weighted by Gasteiger charge is -2.13. The summed E-state index contributed by atoms with van der Waals surface area (Å²) in [6.45, 7) is 0. The van der Waals surface area contributed by atoms with Gasteiger partial charge in [0.05, 0.1) is 23.7 Å². The first-order chi connectivity index (χ1) is 8.77. The van der Waals surface area contributed by atoms with Crippen molar-refractivity contribution >= 4 is 10.9 Å². The average Bonchev–Trinajstić information content (AvgIpc) is 2.83. The van der Waals surface area contributed by atoms with E-state index in [2.05, 4.69) is 9.97 Å². The maximum atomic E-state index is 10.5. The molecule has 0 saturated heterocycles. The first-order valence-corrected chi connectivity index (χ1v) is 5.75. The molecule has 1 N–H and O–H groups in total. The molecular formula is C14H13N3O. The number of para-hydroxylation sites is 1. The Balaban J connectivity index is 2.18. The normalized spacial score (nSPS) is 12.8. The molecule has 0 aliphatic rings. The molecule has 0 fully saturated rings. The molecule has 1 aromatic carbocycles. The van der Waals surface area contributed by atoms with Gasteiger partial charge >= 0.3 is 0 Å². The van der Waals surface area contributed by atoms with Gasteiger partial charge in [0.15, 0.2) is 0 Å². The van der Waals surface area contributed by atoms with Crippen LogP contribution in [0.25, 0.3) is 10.9 Å². The van der Waals surface area contributed by atoms with Crippen LogP contribution in [-0.4, -0.2) is 19.6 Å². The molecule has 18 heavy (non-hydrogen) atoms. The lowest BCUT2D eigenvalue weighted by atomic mass is 10.0. The molecule has 1 atom stereocenters. The number of nitrogens with zero attached hydrogens (tertiary/aromatic N) is 3. The number of rotatable bonds is 2. The van der Waals surface area contributed by atoms with E-state index < -0.39 is 6.10 Å². The van der Waals surface area contributed by atoms with Gasteiger partial charge in [-0.1, -0.05) is 24.3 Å². The summed E-state index contributed by atoms with van der Waals surface area (Å²) in [5.74, 6) is 0. The van der Waals surface area contributed by atoms with Gasteiger partial charge in [-0.15, -0.1) is 0 Å². The topological polar surface area (TPSA) is 50.9 Å². The Hall–Kier alpha value is -2.20. The molecular weight excluding hydrogens is 226 g/mol. The van der Waals surface area contributed by atoms with Crippen LogP contribution in [0.15, 0.2) is 49.1 Å². The Morgan fingerprint density at radius 1 is 1.22 bits per heavy atom. The number of imidazole rings is 1. The number of hydrogen-bond acceptors (Lipinski definition) is 3. The van der Waals surface area contributed by atoms with Crippen LogP contribution in [0.3, 0.4) is 0 Å². The Kier molecular flexibility index (Phi) is 2.57. The van der Waals surface area contributed by atoms with E-state index in [-0.39, 0.29) is 0 Å². The molecule has 2 aromatic heterocycles. The maximum Gasteiger partial charge on any atom is 0.123 e. The number of fused-ring (bicyclic) bond motifs is 1. The third kappa shape index (κ3) is 1.67. The number of aryl methyl sites for hydroxylation is 1. The highest BCUT2D eigenvalue weighted by Crippen LogP contribution is 2.26. The number of aliphatic hydroxyl groups excluding tert-OH is 1. The van der Waals surface area contributed by atoms with Crippen LogP contribution >= 0.6 is 0 Å².